The molecule has 1 fully saturated rings. The molecule has 1 rings (SSSR count). The minimum Gasteiger partial charge on any atom is -0.465 e. The van der Waals surface area contributed by atoms with Crippen LogP contribution in [0.15, 0.2) is 0 Å². The van der Waals surface area contributed by atoms with Crippen molar-refractivity contribution < 1.29 is 9.53 Å². The zero-order chi connectivity index (χ0) is 15.2. The first-order valence-corrected chi connectivity index (χ1v) is 8.08. The van der Waals surface area contributed by atoms with Gasteiger partial charge in [-0.15, -0.1) is 0 Å². The van der Waals surface area contributed by atoms with Gasteiger partial charge in [0, 0.05) is 19.1 Å². The van der Waals surface area contributed by atoms with Crippen LogP contribution in [0, 0.1) is 5.92 Å². The van der Waals surface area contributed by atoms with Gasteiger partial charge in [-0.2, -0.15) is 0 Å². The monoisotopic (exact) mass is 284 g/mol. The van der Waals surface area contributed by atoms with E-state index in [1.165, 1.54) is 19.3 Å². The Balaban J connectivity index is 2.66. The van der Waals surface area contributed by atoms with E-state index in [-0.39, 0.29) is 12.0 Å². The van der Waals surface area contributed by atoms with Gasteiger partial charge < -0.3 is 9.64 Å². The summed E-state index contributed by atoms with van der Waals surface area (Å²) >= 11 is 0. The molecule has 4 heteroatoms. The molecule has 0 aromatic carbocycles. The fourth-order valence-electron chi connectivity index (χ4n) is 2.89. The molecule has 0 aromatic heterocycles. The summed E-state index contributed by atoms with van der Waals surface area (Å²) in [5.41, 5.74) is -0.621. The molecule has 1 saturated carbocycles. The number of ether oxygens (including phenoxy) is 1. The molecule has 1 N–H and O–H groups in total. The molecule has 0 saturated heterocycles. The van der Waals surface area contributed by atoms with Crippen LogP contribution in [0.25, 0.3) is 0 Å². The molecule has 0 radical (unpaired) electrons. The van der Waals surface area contributed by atoms with Crippen molar-refractivity contribution in [3.05, 3.63) is 0 Å². The van der Waals surface area contributed by atoms with Crippen LogP contribution in [-0.2, 0) is 9.53 Å². The predicted molar refractivity (Wildman–Crippen MR) is 82.8 cm³/mol. The first-order chi connectivity index (χ1) is 9.41. The second-order valence-corrected chi connectivity index (χ2v) is 6.48. The van der Waals surface area contributed by atoms with Crippen LogP contribution in [0.4, 0.5) is 0 Å². The Hall–Kier alpha value is -0.610. The Morgan fingerprint density at radius 3 is 2.45 bits per heavy atom. The Morgan fingerprint density at radius 1 is 1.40 bits per heavy atom. The lowest BCUT2D eigenvalue weighted by Gasteiger charge is -2.38. The Morgan fingerprint density at radius 2 is 2.05 bits per heavy atom. The third-order valence-corrected chi connectivity index (χ3v) is 4.06. The van der Waals surface area contributed by atoms with Crippen LogP contribution in [-0.4, -0.2) is 48.7 Å². The van der Waals surface area contributed by atoms with Crippen molar-refractivity contribution in [2.45, 2.75) is 65.5 Å². The van der Waals surface area contributed by atoms with Crippen LogP contribution in [0.2, 0.25) is 0 Å². The second kappa shape index (κ2) is 7.99. The zero-order valence-electron chi connectivity index (χ0n) is 13.9. The normalized spacial score (nSPS) is 18.9. The molecule has 0 heterocycles. The summed E-state index contributed by atoms with van der Waals surface area (Å²) in [5.74, 6) is 0.682. The summed E-state index contributed by atoms with van der Waals surface area (Å²) < 4.78 is 5.27. The van der Waals surface area contributed by atoms with Crippen LogP contribution in [0.1, 0.15) is 53.9 Å². The number of likely N-dealkylation sites (N-methyl/N-ethyl adjacent to an activating group) is 1. The fourth-order valence-corrected chi connectivity index (χ4v) is 2.89. The number of hydrogen-bond donors (Lipinski definition) is 1. The van der Waals surface area contributed by atoms with E-state index >= 15 is 0 Å². The van der Waals surface area contributed by atoms with Gasteiger partial charge in [-0.1, -0.05) is 13.3 Å². The van der Waals surface area contributed by atoms with Crippen molar-refractivity contribution in [3.8, 4) is 0 Å². The number of nitrogens with one attached hydrogen (secondary N) is 1. The van der Waals surface area contributed by atoms with Crippen molar-refractivity contribution in [3.63, 3.8) is 0 Å². The van der Waals surface area contributed by atoms with Gasteiger partial charge in [-0.3, -0.25) is 10.1 Å². The van der Waals surface area contributed by atoms with E-state index in [0.29, 0.717) is 6.61 Å². The largest absolute Gasteiger partial charge is 0.465 e. The molecule has 4 nitrogen and oxygen atoms in total. The van der Waals surface area contributed by atoms with E-state index in [1.807, 2.05) is 13.8 Å². The van der Waals surface area contributed by atoms with Crippen LogP contribution >= 0.6 is 0 Å². The minimum atomic E-state index is -0.621. The van der Waals surface area contributed by atoms with Crippen molar-refractivity contribution in [2.24, 2.45) is 5.92 Å². The van der Waals surface area contributed by atoms with E-state index < -0.39 is 5.54 Å². The summed E-state index contributed by atoms with van der Waals surface area (Å²) in [6.45, 7) is 13.4. The average molecular weight is 284 g/mol. The van der Waals surface area contributed by atoms with Gasteiger partial charge in [-0.05, 0) is 53.0 Å². The van der Waals surface area contributed by atoms with Gasteiger partial charge in [0.05, 0.1) is 6.61 Å². The molecular weight excluding hydrogens is 252 g/mol. The molecule has 1 atom stereocenters. The maximum absolute atomic E-state index is 12.3. The summed E-state index contributed by atoms with van der Waals surface area (Å²) in [4.78, 5) is 14.7. The first kappa shape index (κ1) is 17.4. The van der Waals surface area contributed by atoms with E-state index in [4.69, 9.17) is 4.74 Å². The minimum absolute atomic E-state index is 0.138. The highest BCUT2D eigenvalue weighted by Gasteiger charge is 2.37. The number of hydrogen-bond acceptors (Lipinski definition) is 4. The lowest BCUT2D eigenvalue weighted by atomic mass is 9.84. The van der Waals surface area contributed by atoms with Crippen molar-refractivity contribution >= 4 is 5.97 Å². The maximum Gasteiger partial charge on any atom is 0.327 e. The molecule has 0 spiro atoms. The van der Waals surface area contributed by atoms with Gasteiger partial charge in [-0.25, -0.2) is 0 Å². The van der Waals surface area contributed by atoms with Gasteiger partial charge >= 0.3 is 5.97 Å². The molecular formula is C16H32N2O2. The lowest BCUT2D eigenvalue weighted by molar-refractivity contribution is -0.151. The highest BCUT2D eigenvalue weighted by molar-refractivity contribution is 5.80. The Kier molecular flexibility index (Phi) is 6.96. The molecule has 0 amide bonds. The third kappa shape index (κ3) is 5.06. The molecule has 118 valence electrons. The first-order valence-electron chi connectivity index (χ1n) is 8.08. The summed E-state index contributed by atoms with van der Waals surface area (Å²) in [6.07, 6.45) is 4.04. The average Bonchev–Trinajstić information content (AvgIpc) is 2.31. The van der Waals surface area contributed by atoms with Crippen molar-refractivity contribution in [1.29, 1.82) is 0 Å². The Labute approximate surface area is 124 Å². The van der Waals surface area contributed by atoms with Gasteiger partial charge in [0.25, 0.3) is 0 Å². The van der Waals surface area contributed by atoms with Gasteiger partial charge in [0.2, 0.25) is 0 Å². The smallest absolute Gasteiger partial charge is 0.327 e. The number of carbonyl (C=O) groups is 1. The predicted octanol–water partition coefficient (Wildman–Crippen LogP) is 2.43. The van der Waals surface area contributed by atoms with Crippen molar-refractivity contribution in [2.75, 3.05) is 26.2 Å². The number of rotatable bonds is 9. The molecule has 1 unspecified atom stereocenters. The molecule has 0 aliphatic heterocycles. The van der Waals surface area contributed by atoms with E-state index in [2.05, 4.69) is 31.0 Å². The van der Waals surface area contributed by atoms with Crippen molar-refractivity contribution in [1.82, 2.24) is 10.2 Å². The van der Waals surface area contributed by atoms with Crippen LogP contribution in [0.5, 0.6) is 0 Å². The summed E-state index contributed by atoms with van der Waals surface area (Å²) in [6, 6.07) is 0.256. The lowest BCUT2D eigenvalue weighted by Crippen LogP contribution is -2.60. The van der Waals surface area contributed by atoms with E-state index in [9.17, 15) is 4.79 Å². The van der Waals surface area contributed by atoms with E-state index in [0.717, 1.165) is 25.6 Å². The fraction of sp³-hybridized carbons (Fsp3) is 0.938. The molecule has 1 aliphatic carbocycles. The summed E-state index contributed by atoms with van der Waals surface area (Å²) in [7, 11) is 0. The van der Waals surface area contributed by atoms with E-state index in [1.54, 1.807) is 0 Å². The van der Waals surface area contributed by atoms with Crippen LogP contribution < -0.4 is 5.32 Å². The molecule has 0 aromatic rings. The highest BCUT2D eigenvalue weighted by Crippen LogP contribution is 2.27. The third-order valence-electron chi connectivity index (χ3n) is 4.06. The molecule has 0 bridgehead atoms. The van der Waals surface area contributed by atoms with Crippen LogP contribution in [0.3, 0.4) is 0 Å². The number of esters is 1. The van der Waals surface area contributed by atoms with Gasteiger partial charge in [0.1, 0.15) is 5.54 Å². The Bertz CT molecular complexity index is 303. The number of carbonyl (C=O) groups excluding carboxylic acids is 1. The maximum atomic E-state index is 12.3. The summed E-state index contributed by atoms with van der Waals surface area (Å²) in [5, 5.41) is 3.40. The molecule has 1 aliphatic rings. The topological polar surface area (TPSA) is 41.6 Å². The standard InChI is InChI=1S/C16H32N2O2/c1-6-18(11-14-9-8-10-14)12-16(5,17-13(3)4)15(19)20-7-2/h13-14,17H,6-12H2,1-5H3. The van der Waals surface area contributed by atoms with Gasteiger partial charge in [0.15, 0.2) is 0 Å². The number of nitrogens with zero attached hydrogens (tertiary/aromatic N) is 1. The highest BCUT2D eigenvalue weighted by atomic mass is 16.5. The quantitative estimate of drug-likeness (QED) is 0.660. The second-order valence-electron chi connectivity index (χ2n) is 6.48. The zero-order valence-corrected chi connectivity index (χ0v) is 13.9. The SMILES string of the molecule is CCOC(=O)C(C)(CN(CC)CC1CCC1)NC(C)C. The molecule has 20 heavy (non-hydrogen) atoms.